The summed E-state index contributed by atoms with van der Waals surface area (Å²) in [6, 6.07) is 12.4. The SMILES string of the molecule is CC(=O)Nc1ccc(CNc2nc3ccccn3c2[N+](=O)[O-])cc1. The van der Waals surface area contributed by atoms with Gasteiger partial charge in [0.2, 0.25) is 17.4 Å². The fourth-order valence-electron chi connectivity index (χ4n) is 2.37. The highest BCUT2D eigenvalue weighted by Crippen LogP contribution is 2.25. The van der Waals surface area contributed by atoms with Crippen molar-refractivity contribution in [1.29, 1.82) is 0 Å². The van der Waals surface area contributed by atoms with Crippen LogP contribution in [-0.2, 0) is 11.3 Å². The molecule has 0 bridgehead atoms. The highest BCUT2D eigenvalue weighted by atomic mass is 16.6. The number of hydrogen-bond acceptors (Lipinski definition) is 5. The van der Waals surface area contributed by atoms with Crippen LogP contribution in [0.25, 0.3) is 5.65 Å². The number of anilines is 2. The number of rotatable bonds is 5. The maximum atomic E-state index is 11.3. The lowest BCUT2D eigenvalue weighted by Gasteiger charge is -2.06. The summed E-state index contributed by atoms with van der Waals surface area (Å²) in [5.74, 6) is -0.0150. The molecule has 3 aromatic rings. The van der Waals surface area contributed by atoms with Crippen molar-refractivity contribution in [3.05, 3.63) is 64.3 Å². The normalized spacial score (nSPS) is 10.5. The van der Waals surface area contributed by atoms with E-state index in [4.69, 9.17) is 0 Å². The largest absolute Gasteiger partial charge is 0.372 e. The molecule has 122 valence electrons. The Morgan fingerprint density at radius 1 is 1.25 bits per heavy atom. The summed E-state index contributed by atoms with van der Waals surface area (Å²) >= 11 is 0. The Kier molecular flexibility index (Phi) is 4.11. The zero-order valence-corrected chi connectivity index (χ0v) is 12.9. The number of carbonyl (C=O) groups excluding carboxylic acids is 1. The summed E-state index contributed by atoms with van der Waals surface area (Å²) in [5, 5.41) is 17.0. The van der Waals surface area contributed by atoms with Crippen LogP contribution in [-0.4, -0.2) is 20.2 Å². The maximum absolute atomic E-state index is 11.3. The van der Waals surface area contributed by atoms with Crippen molar-refractivity contribution in [3.63, 3.8) is 0 Å². The van der Waals surface area contributed by atoms with Crippen molar-refractivity contribution in [2.24, 2.45) is 0 Å². The number of imidazole rings is 1. The first-order chi connectivity index (χ1) is 11.5. The zero-order chi connectivity index (χ0) is 17.1. The van der Waals surface area contributed by atoms with E-state index in [0.717, 1.165) is 5.56 Å². The van der Waals surface area contributed by atoms with Gasteiger partial charge in [0.25, 0.3) is 0 Å². The molecule has 0 aliphatic carbocycles. The first-order valence-corrected chi connectivity index (χ1v) is 7.26. The monoisotopic (exact) mass is 325 g/mol. The van der Waals surface area contributed by atoms with Crippen LogP contribution in [0.4, 0.5) is 17.3 Å². The highest BCUT2D eigenvalue weighted by molar-refractivity contribution is 5.88. The summed E-state index contributed by atoms with van der Waals surface area (Å²) in [5.41, 5.74) is 2.12. The molecule has 0 fully saturated rings. The predicted octanol–water partition coefficient (Wildman–Crippen LogP) is 2.81. The van der Waals surface area contributed by atoms with Crippen LogP contribution in [0, 0.1) is 10.1 Å². The molecule has 0 spiro atoms. The number of pyridine rings is 1. The summed E-state index contributed by atoms with van der Waals surface area (Å²) in [7, 11) is 0. The van der Waals surface area contributed by atoms with Crippen LogP contribution in [0.15, 0.2) is 48.7 Å². The van der Waals surface area contributed by atoms with Crippen molar-refractivity contribution in [2.45, 2.75) is 13.5 Å². The van der Waals surface area contributed by atoms with Gasteiger partial charge in [-0.05, 0) is 28.7 Å². The first-order valence-electron chi connectivity index (χ1n) is 7.26. The number of fused-ring (bicyclic) bond motifs is 1. The van der Waals surface area contributed by atoms with Crippen molar-refractivity contribution in [1.82, 2.24) is 9.38 Å². The van der Waals surface area contributed by atoms with Gasteiger partial charge in [0, 0.05) is 25.2 Å². The van der Waals surface area contributed by atoms with Gasteiger partial charge in [0.05, 0.1) is 6.20 Å². The molecule has 2 heterocycles. The molecular weight excluding hydrogens is 310 g/mol. The number of nitrogens with zero attached hydrogens (tertiary/aromatic N) is 3. The fraction of sp³-hybridized carbons (Fsp3) is 0.125. The predicted molar refractivity (Wildman–Crippen MR) is 89.9 cm³/mol. The number of nitrogens with one attached hydrogen (secondary N) is 2. The molecule has 0 aliphatic rings. The van der Waals surface area contributed by atoms with Crippen LogP contribution in [0.2, 0.25) is 0 Å². The smallest absolute Gasteiger partial charge is 0.359 e. The quantitative estimate of drug-likeness (QED) is 0.555. The lowest BCUT2D eigenvalue weighted by molar-refractivity contribution is -0.389. The number of amides is 1. The highest BCUT2D eigenvalue weighted by Gasteiger charge is 2.21. The third-order valence-corrected chi connectivity index (χ3v) is 3.41. The number of nitro groups is 1. The Morgan fingerprint density at radius 2 is 2.00 bits per heavy atom. The molecule has 0 atom stereocenters. The molecule has 2 aromatic heterocycles. The Hall–Kier alpha value is -3.42. The standard InChI is InChI=1S/C16H15N5O3/c1-11(22)18-13-7-5-12(6-8-13)10-17-15-16(21(23)24)20-9-3-2-4-14(20)19-15/h2-9,17H,10H2,1H3,(H,18,22). The van der Waals surface area contributed by atoms with Crippen molar-refractivity contribution >= 4 is 28.9 Å². The van der Waals surface area contributed by atoms with Crippen molar-refractivity contribution < 1.29 is 9.72 Å². The molecule has 3 rings (SSSR count). The van der Waals surface area contributed by atoms with E-state index in [9.17, 15) is 14.9 Å². The van der Waals surface area contributed by atoms with E-state index in [0.29, 0.717) is 17.9 Å². The van der Waals surface area contributed by atoms with E-state index in [2.05, 4.69) is 15.6 Å². The Balaban J connectivity index is 1.79. The van der Waals surface area contributed by atoms with E-state index in [1.54, 1.807) is 36.5 Å². The van der Waals surface area contributed by atoms with Gasteiger partial charge in [0.1, 0.15) is 0 Å². The topological polar surface area (TPSA) is 102 Å². The van der Waals surface area contributed by atoms with E-state index >= 15 is 0 Å². The lowest BCUT2D eigenvalue weighted by Crippen LogP contribution is -2.06. The second kappa shape index (κ2) is 6.37. The first kappa shape index (κ1) is 15.5. The fourth-order valence-corrected chi connectivity index (χ4v) is 2.37. The van der Waals surface area contributed by atoms with Crippen LogP contribution in [0.5, 0.6) is 0 Å². The average Bonchev–Trinajstić information content (AvgIpc) is 2.92. The molecule has 0 saturated heterocycles. The molecule has 0 aliphatic heterocycles. The van der Waals surface area contributed by atoms with Gasteiger partial charge in [-0.25, -0.2) is 0 Å². The van der Waals surface area contributed by atoms with Crippen LogP contribution < -0.4 is 10.6 Å². The van der Waals surface area contributed by atoms with E-state index < -0.39 is 4.92 Å². The van der Waals surface area contributed by atoms with Crippen molar-refractivity contribution in [3.8, 4) is 0 Å². The van der Waals surface area contributed by atoms with Gasteiger partial charge < -0.3 is 20.7 Å². The summed E-state index contributed by atoms with van der Waals surface area (Å²) in [4.78, 5) is 26.1. The summed E-state index contributed by atoms with van der Waals surface area (Å²) < 4.78 is 1.43. The molecule has 1 amide bonds. The molecular formula is C16H15N5O3. The van der Waals surface area contributed by atoms with Gasteiger partial charge >= 0.3 is 5.82 Å². The van der Waals surface area contributed by atoms with Crippen molar-refractivity contribution in [2.75, 3.05) is 10.6 Å². The Labute approximate surface area is 137 Å². The molecule has 0 radical (unpaired) electrons. The maximum Gasteiger partial charge on any atom is 0.372 e. The molecule has 0 unspecified atom stereocenters. The minimum atomic E-state index is -0.456. The van der Waals surface area contributed by atoms with E-state index in [1.807, 2.05) is 12.1 Å². The second-order valence-electron chi connectivity index (χ2n) is 5.20. The molecule has 0 saturated carbocycles. The number of benzene rings is 1. The van der Waals surface area contributed by atoms with Gasteiger partial charge in [0.15, 0.2) is 0 Å². The number of aromatic nitrogens is 2. The summed E-state index contributed by atoms with van der Waals surface area (Å²) in [6.45, 7) is 1.82. The zero-order valence-electron chi connectivity index (χ0n) is 12.9. The van der Waals surface area contributed by atoms with Gasteiger partial charge in [-0.1, -0.05) is 18.2 Å². The molecule has 8 nitrogen and oxygen atoms in total. The van der Waals surface area contributed by atoms with E-state index in [1.165, 1.54) is 11.3 Å². The minimum Gasteiger partial charge on any atom is -0.359 e. The number of carbonyl (C=O) groups is 1. The molecule has 1 aromatic carbocycles. The molecule has 8 heteroatoms. The second-order valence-corrected chi connectivity index (χ2v) is 5.20. The summed E-state index contributed by atoms with van der Waals surface area (Å²) in [6.07, 6.45) is 1.61. The molecule has 2 N–H and O–H groups in total. The molecule has 24 heavy (non-hydrogen) atoms. The number of hydrogen-bond donors (Lipinski definition) is 2. The van der Waals surface area contributed by atoms with Gasteiger partial charge in [-0.3, -0.25) is 4.79 Å². The third-order valence-electron chi connectivity index (χ3n) is 3.41. The van der Waals surface area contributed by atoms with Gasteiger partial charge in [-0.2, -0.15) is 9.38 Å². The third kappa shape index (κ3) is 3.17. The minimum absolute atomic E-state index is 0.0968. The lowest BCUT2D eigenvalue weighted by atomic mass is 10.2. The Morgan fingerprint density at radius 3 is 2.67 bits per heavy atom. The van der Waals surface area contributed by atoms with E-state index in [-0.39, 0.29) is 17.5 Å². The van der Waals surface area contributed by atoms with Gasteiger partial charge in [-0.15, -0.1) is 0 Å². The van der Waals surface area contributed by atoms with Crippen LogP contribution in [0.3, 0.4) is 0 Å². The Bertz CT molecular complexity index is 902. The van der Waals surface area contributed by atoms with Crippen LogP contribution >= 0.6 is 0 Å². The van der Waals surface area contributed by atoms with Crippen LogP contribution in [0.1, 0.15) is 12.5 Å². The average molecular weight is 325 g/mol.